The molecular formula is C15H14Cl2N2O. The van der Waals surface area contributed by atoms with Crippen molar-refractivity contribution in [2.45, 2.75) is 13.0 Å². The van der Waals surface area contributed by atoms with Crippen LogP contribution in [0.2, 0.25) is 10.0 Å². The SMILES string of the molecule is CC(NC(=O)c1ccc(N)cc1Cl)c1ccc(Cl)cc1. The first-order chi connectivity index (χ1) is 9.47. The first-order valence-electron chi connectivity index (χ1n) is 6.08. The molecule has 104 valence electrons. The number of hydrogen-bond acceptors (Lipinski definition) is 2. The van der Waals surface area contributed by atoms with Gasteiger partial charge in [0.25, 0.3) is 5.91 Å². The van der Waals surface area contributed by atoms with Crippen LogP contribution in [0.1, 0.15) is 28.9 Å². The molecular weight excluding hydrogens is 295 g/mol. The zero-order valence-corrected chi connectivity index (χ0v) is 12.4. The lowest BCUT2D eigenvalue weighted by molar-refractivity contribution is 0.0940. The number of carbonyl (C=O) groups excluding carboxylic acids is 1. The molecule has 2 aromatic carbocycles. The zero-order valence-electron chi connectivity index (χ0n) is 10.9. The largest absolute Gasteiger partial charge is 0.399 e. The summed E-state index contributed by atoms with van der Waals surface area (Å²) in [5, 5.41) is 3.88. The molecule has 1 atom stereocenters. The molecule has 0 spiro atoms. The van der Waals surface area contributed by atoms with E-state index in [-0.39, 0.29) is 11.9 Å². The second kappa shape index (κ2) is 6.16. The molecule has 1 unspecified atom stereocenters. The van der Waals surface area contributed by atoms with E-state index < -0.39 is 0 Å². The van der Waals surface area contributed by atoms with Gasteiger partial charge < -0.3 is 11.1 Å². The van der Waals surface area contributed by atoms with Crippen molar-refractivity contribution >= 4 is 34.8 Å². The van der Waals surface area contributed by atoms with E-state index in [0.29, 0.717) is 21.3 Å². The monoisotopic (exact) mass is 308 g/mol. The van der Waals surface area contributed by atoms with Gasteiger partial charge in [-0.15, -0.1) is 0 Å². The van der Waals surface area contributed by atoms with Crippen LogP contribution in [0.25, 0.3) is 0 Å². The third kappa shape index (κ3) is 3.44. The number of rotatable bonds is 3. The van der Waals surface area contributed by atoms with Gasteiger partial charge in [0.15, 0.2) is 0 Å². The van der Waals surface area contributed by atoms with E-state index in [1.807, 2.05) is 19.1 Å². The molecule has 0 radical (unpaired) electrons. The van der Waals surface area contributed by atoms with Gasteiger partial charge in [-0.25, -0.2) is 0 Å². The number of nitrogens with one attached hydrogen (secondary N) is 1. The van der Waals surface area contributed by atoms with Crippen LogP contribution < -0.4 is 11.1 Å². The van der Waals surface area contributed by atoms with Crippen LogP contribution in [0.15, 0.2) is 42.5 Å². The molecule has 1 amide bonds. The molecule has 0 aliphatic rings. The Morgan fingerprint density at radius 1 is 1.15 bits per heavy atom. The van der Waals surface area contributed by atoms with E-state index in [9.17, 15) is 4.79 Å². The molecule has 3 N–H and O–H groups in total. The second-order valence-corrected chi connectivity index (χ2v) is 5.33. The Hall–Kier alpha value is -1.71. The van der Waals surface area contributed by atoms with Gasteiger partial charge in [0.05, 0.1) is 16.6 Å². The highest BCUT2D eigenvalue weighted by Crippen LogP contribution is 2.21. The summed E-state index contributed by atoms with van der Waals surface area (Å²) >= 11 is 11.9. The Morgan fingerprint density at radius 3 is 2.40 bits per heavy atom. The van der Waals surface area contributed by atoms with Crippen molar-refractivity contribution in [3.8, 4) is 0 Å². The normalized spacial score (nSPS) is 11.9. The molecule has 5 heteroatoms. The molecule has 0 aliphatic heterocycles. The third-order valence-corrected chi connectivity index (χ3v) is 3.52. The van der Waals surface area contributed by atoms with Crippen molar-refractivity contribution in [2.75, 3.05) is 5.73 Å². The summed E-state index contributed by atoms with van der Waals surface area (Å²) in [6.07, 6.45) is 0. The molecule has 0 heterocycles. The maximum atomic E-state index is 12.2. The smallest absolute Gasteiger partial charge is 0.253 e. The standard InChI is InChI=1S/C15H14Cl2N2O/c1-9(10-2-4-11(16)5-3-10)19-15(20)13-7-6-12(18)8-14(13)17/h2-9H,18H2,1H3,(H,19,20). The minimum absolute atomic E-state index is 0.145. The minimum atomic E-state index is -0.238. The number of benzene rings is 2. The Balaban J connectivity index is 2.13. The Bertz CT molecular complexity index is 626. The van der Waals surface area contributed by atoms with Crippen molar-refractivity contribution in [3.63, 3.8) is 0 Å². The summed E-state index contributed by atoms with van der Waals surface area (Å²) in [5.74, 6) is -0.238. The highest BCUT2D eigenvalue weighted by atomic mass is 35.5. The number of halogens is 2. The van der Waals surface area contributed by atoms with Gasteiger partial charge in [-0.3, -0.25) is 4.79 Å². The summed E-state index contributed by atoms with van der Waals surface area (Å²) in [7, 11) is 0. The molecule has 0 fully saturated rings. The minimum Gasteiger partial charge on any atom is -0.399 e. The quantitative estimate of drug-likeness (QED) is 0.840. The fraction of sp³-hybridized carbons (Fsp3) is 0.133. The van der Waals surface area contributed by atoms with Crippen molar-refractivity contribution < 1.29 is 4.79 Å². The first kappa shape index (κ1) is 14.7. The van der Waals surface area contributed by atoms with Crippen LogP contribution in [0.4, 0.5) is 5.69 Å². The van der Waals surface area contributed by atoms with Gasteiger partial charge in [-0.1, -0.05) is 35.3 Å². The average Bonchev–Trinajstić information content (AvgIpc) is 2.39. The summed E-state index contributed by atoms with van der Waals surface area (Å²) in [5.41, 5.74) is 7.50. The van der Waals surface area contributed by atoms with Crippen molar-refractivity contribution in [1.82, 2.24) is 5.32 Å². The van der Waals surface area contributed by atoms with Crippen LogP contribution in [0.5, 0.6) is 0 Å². The van der Waals surface area contributed by atoms with Crippen molar-refractivity contribution in [1.29, 1.82) is 0 Å². The van der Waals surface area contributed by atoms with Crippen LogP contribution >= 0.6 is 23.2 Å². The lowest BCUT2D eigenvalue weighted by Crippen LogP contribution is -2.26. The molecule has 0 aliphatic carbocycles. The van der Waals surface area contributed by atoms with E-state index in [0.717, 1.165) is 5.56 Å². The van der Waals surface area contributed by atoms with Crippen LogP contribution in [-0.2, 0) is 0 Å². The van der Waals surface area contributed by atoms with Gasteiger partial charge in [0.2, 0.25) is 0 Å². The van der Waals surface area contributed by atoms with E-state index in [2.05, 4.69) is 5.32 Å². The van der Waals surface area contributed by atoms with Gasteiger partial charge in [0, 0.05) is 10.7 Å². The molecule has 0 saturated carbocycles. The highest BCUT2D eigenvalue weighted by molar-refractivity contribution is 6.34. The Kier molecular flexibility index (Phi) is 4.53. The van der Waals surface area contributed by atoms with Gasteiger partial charge in [-0.2, -0.15) is 0 Å². The molecule has 0 bridgehead atoms. The van der Waals surface area contributed by atoms with Gasteiger partial charge >= 0.3 is 0 Å². The summed E-state index contributed by atoms with van der Waals surface area (Å²) < 4.78 is 0. The molecule has 2 aromatic rings. The lowest BCUT2D eigenvalue weighted by atomic mass is 10.1. The number of nitrogen functional groups attached to an aromatic ring is 1. The fourth-order valence-corrected chi connectivity index (χ4v) is 2.23. The molecule has 2 rings (SSSR count). The zero-order chi connectivity index (χ0) is 14.7. The Labute approximate surface area is 127 Å². The maximum absolute atomic E-state index is 12.2. The number of nitrogens with two attached hydrogens (primary N) is 1. The first-order valence-corrected chi connectivity index (χ1v) is 6.84. The van der Waals surface area contributed by atoms with Gasteiger partial charge in [-0.05, 0) is 42.8 Å². The van der Waals surface area contributed by atoms with Crippen LogP contribution in [-0.4, -0.2) is 5.91 Å². The number of amides is 1. The van der Waals surface area contributed by atoms with E-state index in [1.54, 1.807) is 30.3 Å². The topological polar surface area (TPSA) is 55.1 Å². The van der Waals surface area contributed by atoms with Crippen molar-refractivity contribution in [2.24, 2.45) is 0 Å². The maximum Gasteiger partial charge on any atom is 0.253 e. The summed E-state index contributed by atoms with van der Waals surface area (Å²) in [6.45, 7) is 1.90. The van der Waals surface area contributed by atoms with Crippen molar-refractivity contribution in [3.05, 3.63) is 63.6 Å². The number of carbonyl (C=O) groups is 1. The molecule has 0 saturated heterocycles. The van der Waals surface area contributed by atoms with Crippen LogP contribution in [0.3, 0.4) is 0 Å². The fourth-order valence-electron chi connectivity index (χ4n) is 1.82. The van der Waals surface area contributed by atoms with Gasteiger partial charge in [0.1, 0.15) is 0 Å². The second-order valence-electron chi connectivity index (χ2n) is 4.49. The third-order valence-electron chi connectivity index (χ3n) is 2.96. The van der Waals surface area contributed by atoms with E-state index in [1.165, 1.54) is 0 Å². The predicted octanol–water partition coefficient (Wildman–Crippen LogP) is 4.07. The predicted molar refractivity (Wildman–Crippen MR) is 83.2 cm³/mol. The highest BCUT2D eigenvalue weighted by Gasteiger charge is 2.14. The van der Waals surface area contributed by atoms with E-state index >= 15 is 0 Å². The number of anilines is 1. The summed E-state index contributed by atoms with van der Waals surface area (Å²) in [6, 6.07) is 12.0. The van der Waals surface area contributed by atoms with E-state index in [4.69, 9.17) is 28.9 Å². The van der Waals surface area contributed by atoms with Crippen LogP contribution in [0, 0.1) is 0 Å². The molecule has 3 nitrogen and oxygen atoms in total. The molecule has 20 heavy (non-hydrogen) atoms. The lowest BCUT2D eigenvalue weighted by Gasteiger charge is -2.15. The average molecular weight is 309 g/mol. The Morgan fingerprint density at radius 2 is 1.80 bits per heavy atom. The number of hydrogen-bond donors (Lipinski definition) is 2. The molecule has 0 aromatic heterocycles. The summed E-state index contributed by atoms with van der Waals surface area (Å²) in [4.78, 5) is 12.2.